The third kappa shape index (κ3) is 1.58. The van der Waals surface area contributed by atoms with Gasteiger partial charge in [-0.15, -0.1) is 0 Å². The summed E-state index contributed by atoms with van der Waals surface area (Å²) >= 11 is 0. The summed E-state index contributed by atoms with van der Waals surface area (Å²) in [6.07, 6.45) is 8.99. The molecular formula is C18H25N3O. The number of amides is 1. The molecule has 118 valence electrons. The minimum absolute atomic E-state index is 0.141. The van der Waals surface area contributed by atoms with Crippen molar-refractivity contribution in [2.75, 3.05) is 13.1 Å². The van der Waals surface area contributed by atoms with Crippen LogP contribution in [0, 0.1) is 40.4 Å². The van der Waals surface area contributed by atoms with Crippen molar-refractivity contribution in [1.29, 1.82) is 5.26 Å². The van der Waals surface area contributed by atoms with Crippen LogP contribution in [0.5, 0.6) is 0 Å². The van der Waals surface area contributed by atoms with Gasteiger partial charge in [-0.05, 0) is 74.0 Å². The Balaban J connectivity index is 1.24. The van der Waals surface area contributed by atoms with Crippen LogP contribution >= 0.6 is 0 Å². The van der Waals surface area contributed by atoms with Crippen LogP contribution in [0.2, 0.25) is 0 Å². The molecule has 0 aromatic rings. The first-order valence-corrected chi connectivity index (χ1v) is 9.14. The molecule has 5 rings (SSSR count). The molecule has 5 atom stereocenters. The highest BCUT2D eigenvalue weighted by atomic mass is 16.2. The van der Waals surface area contributed by atoms with Crippen molar-refractivity contribution in [3.8, 4) is 6.07 Å². The summed E-state index contributed by atoms with van der Waals surface area (Å²) in [6.45, 7) is 1.21. The lowest BCUT2D eigenvalue weighted by Gasteiger charge is -2.49. The van der Waals surface area contributed by atoms with Gasteiger partial charge in [-0.25, -0.2) is 0 Å². The van der Waals surface area contributed by atoms with Crippen LogP contribution < -0.4 is 5.32 Å². The predicted octanol–water partition coefficient (Wildman–Crippen LogP) is 1.92. The van der Waals surface area contributed by atoms with Crippen LogP contribution in [-0.2, 0) is 4.79 Å². The predicted molar refractivity (Wildman–Crippen MR) is 81.6 cm³/mol. The Labute approximate surface area is 132 Å². The second-order valence-corrected chi connectivity index (χ2v) is 8.54. The highest BCUT2D eigenvalue weighted by molar-refractivity contribution is 5.79. The third-order valence-electron chi connectivity index (χ3n) is 7.88. The molecule has 5 aliphatic rings. The highest BCUT2D eigenvalue weighted by Crippen LogP contribution is 2.75. The van der Waals surface area contributed by atoms with Gasteiger partial charge in [-0.3, -0.25) is 4.79 Å². The van der Waals surface area contributed by atoms with Crippen molar-refractivity contribution in [2.24, 2.45) is 29.1 Å². The minimum Gasteiger partial charge on any atom is -0.326 e. The first-order chi connectivity index (χ1) is 10.7. The van der Waals surface area contributed by atoms with Gasteiger partial charge < -0.3 is 10.2 Å². The number of rotatable bonds is 3. The van der Waals surface area contributed by atoms with E-state index in [4.69, 9.17) is 5.26 Å². The molecule has 4 unspecified atom stereocenters. The molecule has 1 spiro atoms. The Morgan fingerprint density at radius 3 is 2.64 bits per heavy atom. The number of fused-ring (bicyclic) bond motifs is 2. The largest absolute Gasteiger partial charge is 0.326 e. The molecule has 4 heteroatoms. The van der Waals surface area contributed by atoms with E-state index in [1.807, 2.05) is 0 Å². The quantitative estimate of drug-likeness (QED) is 0.866. The van der Waals surface area contributed by atoms with Crippen LogP contribution in [0.25, 0.3) is 0 Å². The summed E-state index contributed by atoms with van der Waals surface area (Å²) in [6, 6.07) is 2.66. The van der Waals surface area contributed by atoms with Gasteiger partial charge in [0.05, 0.1) is 12.6 Å². The molecule has 22 heavy (non-hydrogen) atoms. The number of likely N-dealkylation sites (tertiary alicyclic amines) is 1. The molecule has 1 heterocycles. The molecule has 4 nitrogen and oxygen atoms in total. The zero-order valence-corrected chi connectivity index (χ0v) is 13.1. The molecular weight excluding hydrogens is 274 g/mol. The molecule has 0 aromatic heterocycles. The van der Waals surface area contributed by atoms with Crippen molar-refractivity contribution >= 4 is 5.91 Å². The van der Waals surface area contributed by atoms with E-state index in [0.717, 1.165) is 48.5 Å². The molecule has 1 amide bonds. The zero-order chi connectivity index (χ0) is 14.9. The van der Waals surface area contributed by atoms with Crippen molar-refractivity contribution in [3.63, 3.8) is 0 Å². The lowest BCUT2D eigenvalue weighted by Crippen LogP contribution is -2.49. The number of carbonyl (C=O) groups is 1. The van der Waals surface area contributed by atoms with Gasteiger partial charge in [0.2, 0.25) is 5.91 Å². The maximum atomic E-state index is 12.5. The topological polar surface area (TPSA) is 56.1 Å². The Morgan fingerprint density at radius 1 is 1.23 bits per heavy atom. The van der Waals surface area contributed by atoms with E-state index in [9.17, 15) is 4.79 Å². The van der Waals surface area contributed by atoms with E-state index >= 15 is 0 Å². The molecule has 1 saturated heterocycles. The average molecular weight is 299 g/mol. The fourth-order valence-electron chi connectivity index (χ4n) is 7.04. The summed E-state index contributed by atoms with van der Waals surface area (Å²) in [4.78, 5) is 14.2. The summed E-state index contributed by atoms with van der Waals surface area (Å²) < 4.78 is 0. The Morgan fingerprint density at radius 2 is 1.95 bits per heavy atom. The Bertz CT molecular complexity index is 529. The second kappa shape index (κ2) is 4.47. The molecule has 4 saturated carbocycles. The lowest BCUT2D eigenvalue weighted by atomic mass is 9.56. The molecule has 3 bridgehead atoms. The number of hydrogen-bond acceptors (Lipinski definition) is 3. The number of nitriles is 1. The highest BCUT2D eigenvalue weighted by Gasteiger charge is 2.68. The van der Waals surface area contributed by atoms with Gasteiger partial charge in [0, 0.05) is 12.6 Å². The van der Waals surface area contributed by atoms with Gasteiger partial charge in [0.1, 0.15) is 6.04 Å². The molecule has 1 aliphatic heterocycles. The second-order valence-electron chi connectivity index (χ2n) is 8.54. The summed E-state index contributed by atoms with van der Waals surface area (Å²) in [5, 5.41) is 12.8. The van der Waals surface area contributed by atoms with E-state index in [2.05, 4.69) is 11.4 Å². The van der Waals surface area contributed by atoms with Crippen molar-refractivity contribution in [3.05, 3.63) is 0 Å². The normalized spacial score (nSPS) is 50.8. The molecule has 0 radical (unpaired) electrons. The number of nitrogens with zero attached hydrogens (tertiary/aromatic N) is 2. The van der Waals surface area contributed by atoms with Crippen LogP contribution in [0.1, 0.15) is 44.9 Å². The van der Waals surface area contributed by atoms with E-state index < -0.39 is 0 Å². The first kappa shape index (κ1) is 13.4. The number of nitrogens with one attached hydrogen (secondary N) is 1. The van der Waals surface area contributed by atoms with Crippen molar-refractivity contribution < 1.29 is 4.79 Å². The maximum Gasteiger partial charge on any atom is 0.237 e. The SMILES string of the molecule is N#C[C@@H]1CCCN1C(=O)CNC1C2CC3CC4CC1CC34C2. The summed E-state index contributed by atoms with van der Waals surface area (Å²) in [7, 11) is 0. The Kier molecular flexibility index (Phi) is 2.72. The van der Waals surface area contributed by atoms with Gasteiger partial charge in [0.25, 0.3) is 0 Å². The van der Waals surface area contributed by atoms with Crippen LogP contribution in [0.4, 0.5) is 0 Å². The maximum absolute atomic E-state index is 12.5. The third-order valence-corrected chi connectivity index (χ3v) is 7.88. The molecule has 1 N–H and O–H groups in total. The molecule has 5 fully saturated rings. The molecule has 4 aliphatic carbocycles. The standard InChI is InChI=1S/C18H25N3O/c19-9-15-2-1-3-21(15)16(22)10-20-17-11-4-13-6-14-5-12(17)8-18(13,14)7-11/h11-15,17,20H,1-8,10H2/t11?,12?,13?,14?,15-,17?,18?/m0/s1. The van der Waals surface area contributed by atoms with Gasteiger partial charge >= 0.3 is 0 Å². The van der Waals surface area contributed by atoms with E-state index in [-0.39, 0.29) is 11.9 Å². The minimum atomic E-state index is -0.182. The van der Waals surface area contributed by atoms with Gasteiger partial charge in [-0.2, -0.15) is 5.26 Å². The van der Waals surface area contributed by atoms with Crippen molar-refractivity contribution in [1.82, 2.24) is 10.2 Å². The van der Waals surface area contributed by atoms with Crippen LogP contribution in [0.15, 0.2) is 0 Å². The van der Waals surface area contributed by atoms with Crippen LogP contribution in [0.3, 0.4) is 0 Å². The monoisotopic (exact) mass is 299 g/mol. The van der Waals surface area contributed by atoms with E-state index in [1.54, 1.807) is 4.90 Å². The summed E-state index contributed by atoms with van der Waals surface area (Å²) in [5.74, 6) is 3.79. The van der Waals surface area contributed by atoms with Gasteiger partial charge in [0.15, 0.2) is 0 Å². The molecule has 0 aromatic carbocycles. The van der Waals surface area contributed by atoms with E-state index in [0.29, 0.717) is 12.6 Å². The average Bonchev–Trinajstić information content (AvgIpc) is 3.14. The zero-order valence-electron chi connectivity index (χ0n) is 13.1. The fourth-order valence-corrected chi connectivity index (χ4v) is 7.04. The first-order valence-electron chi connectivity index (χ1n) is 9.14. The van der Waals surface area contributed by atoms with Crippen LogP contribution in [-0.4, -0.2) is 36.0 Å². The summed E-state index contributed by atoms with van der Waals surface area (Å²) in [5.41, 5.74) is 0.748. The van der Waals surface area contributed by atoms with E-state index in [1.165, 1.54) is 32.1 Å². The number of carbonyl (C=O) groups excluding carboxylic acids is 1. The lowest BCUT2D eigenvalue weighted by molar-refractivity contribution is -0.130. The Hall–Kier alpha value is -1.08. The number of hydrogen-bond donors (Lipinski definition) is 1. The van der Waals surface area contributed by atoms with Crippen molar-refractivity contribution in [2.45, 2.75) is 57.0 Å². The van der Waals surface area contributed by atoms with Gasteiger partial charge in [-0.1, -0.05) is 0 Å². The fraction of sp³-hybridized carbons (Fsp3) is 0.889. The smallest absolute Gasteiger partial charge is 0.237 e.